The fraction of sp³-hybridized carbons (Fsp3) is 0.833. The number of rotatable bonds is 1. The van der Waals surface area contributed by atoms with Crippen molar-refractivity contribution in [3.05, 3.63) is 0 Å². The summed E-state index contributed by atoms with van der Waals surface area (Å²) in [5.74, 6) is 0.0456. The van der Waals surface area contributed by atoms with Gasteiger partial charge in [-0.2, -0.15) is 0 Å². The predicted molar refractivity (Wildman–Crippen MR) is 57.4 cm³/mol. The first-order valence-electron chi connectivity index (χ1n) is 5.43. The maximum absolute atomic E-state index is 11.8. The Hall–Kier alpha value is -0.860. The van der Waals surface area contributed by atoms with Crippen LogP contribution in [-0.4, -0.2) is 17.4 Å². The minimum atomic E-state index is -0.497. The first-order chi connectivity index (χ1) is 6.70. The lowest BCUT2D eigenvalue weighted by molar-refractivity contribution is -0.176. The van der Waals surface area contributed by atoms with Gasteiger partial charge in [0.25, 0.3) is 0 Å². The van der Waals surface area contributed by atoms with Gasteiger partial charge in [-0.3, -0.25) is 9.59 Å². The number of esters is 1. The summed E-state index contributed by atoms with van der Waals surface area (Å²) in [5.41, 5.74) is -0.897. The van der Waals surface area contributed by atoms with Gasteiger partial charge in [-0.25, -0.2) is 0 Å². The maximum atomic E-state index is 11.8. The quantitative estimate of drug-likeness (QED) is 0.626. The van der Waals surface area contributed by atoms with Crippen LogP contribution < -0.4 is 0 Å². The minimum absolute atomic E-state index is 0.0511. The molecule has 0 spiro atoms. The highest BCUT2D eigenvalue weighted by atomic mass is 16.6. The predicted octanol–water partition coefficient (Wildman–Crippen LogP) is 2.33. The molecule has 1 saturated carbocycles. The molecule has 0 bridgehead atoms. The van der Waals surface area contributed by atoms with Gasteiger partial charge in [-0.1, -0.05) is 20.8 Å². The summed E-state index contributed by atoms with van der Waals surface area (Å²) in [6, 6.07) is 0. The third-order valence-corrected chi connectivity index (χ3v) is 3.94. The fourth-order valence-corrected chi connectivity index (χ4v) is 2.37. The molecule has 0 radical (unpaired) electrons. The van der Waals surface area contributed by atoms with Gasteiger partial charge >= 0.3 is 5.97 Å². The highest BCUT2D eigenvalue weighted by Crippen LogP contribution is 2.45. The molecular weight excluding hydrogens is 192 g/mol. The van der Waals surface area contributed by atoms with E-state index in [0.29, 0.717) is 12.8 Å². The molecule has 15 heavy (non-hydrogen) atoms. The second-order valence-electron chi connectivity index (χ2n) is 5.27. The molecule has 0 N–H and O–H groups in total. The first kappa shape index (κ1) is 12.2. The summed E-state index contributed by atoms with van der Waals surface area (Å²) < 4.78 is 5.38. The Morgan fingerprint density at radius 2 is 1.93 bits per heavy atom. The number of Topliss-reactive ketones (excluding diaryl/α,β-unsaturated/α-hetero) is 1. The molecule has 0 aromatic carbocycles. The second-order valence-corrected chi connectivity index (χ2v) is 5.27. The third kappa shape index (κ3) is 2.06. The van der Waals surface area contributed by atoms with Crippen molar-refractivity contribution in [2.24, 2.45) is 11.3 Å². The highest BCUT2D eigenvalue weighted by molar-refractivity contribution is 5.85. The summed E-state index contributed by atoms with van der Waals surface area (Å²) in [4.78, 5) is 22.8. The molecule has 0 unspecified atom stereocenters. The largest absolute Gasteiger partial charge is 0.459 e. The number of ketones is 1. The molecule has 3 nitrogen and oxygen atoms in total. The molecule has 3 heteroatoms. The molecule has 0 heterocycles. The van der Waals surface area contributed by atoms with Crippen LogP contribution in [0.5, 0.6) is 0 Å². The van der Waals surface area contributed by atoms with Gasteiger partial charge in [-0.05, 0) is 13.3 Å². The summed E-state index contributed by atoms with van der Waals surface area (Å²) in [6.07, 6.45) is 1.14. The van der Waals surface area contributed by atoms with E-state index in [-0.39, 0.29) is 17.7 Å². The van der Waals surface area contributed by atoms with Gasteiger partial charge in [0.1, 0.15) is 11.4 Å². The number of carbonyl (C=O) groups excluding carboxylic acids is 2. The van der Waals surface area contributed by atoms with Crippen LogP contribution in [-0.2, 0) is 14.3 Å². The van der Waals surface area contributed by atoms with Crippen molar-refractivity contribution in [1.29, 1.82) is 0 Å². The van der Waals surface area contributed by atoms with Gasteiger partial charge < -0.3 is 4.74 Å². The van der Waals surface area contributed by atoms with E-state index in [9.17, 15) is 9.59 Å². The monoisotopic (exact) mass is 212 g/mol. The molecule has 2 atom stereocenters. The first-order valence-corrected chi connectivity index (χ1v) is 5.43. The zero-order chi connectivity index (χ0) is 11.9. The number of hydrogen-bond donors (Lipinski definition) is 0. The van der Waals surface area contributed by atoms with Crippen LogP contribution in [0.3, 0.4) is 0 Å². The summed E-state index contributed by atoms with van der Waals surface area (Å²) in [7, 11) is 0. The molecule has 0 aliphatic heterocycles. The lowest BCUT2D eigenvalue weighted by Gasteiger charge is -2.47. The molecule has 1 aliphatic rings. The maximum Gasteiger partial charge on any atom is 0.303 e. The van der Waals surface area contributed by atoms with Gasteiger partial charge in [0.05, 0.1) is 0 Å². The van der Waals surface area contributed by atoms with Crippen LogP contribution in [0.4, 0.5) is 0 Å². The molecule has 86 valence electrons. The minimum Gasteiger partial charge on any atom is -0.459 e. The summed E-state index contributed by atoms with van der Waals surface area (Å²) in [5, 5.41) is 0. The van der Waals surface area contributed by atoms with Gasteiger partial charge in [0.2, 0.25) is 0 Å². The summed E-state index contributed by atoms with van der Waals surface area (Å²) >= 11 is 0. The van der Waals surface area contributed by atoms with E-state index in [2.05, 4.69) is 0 Å². The van der Waals surface area contributed by atoms with Crippen molar-refractivity contribution < 1.29 is 14.3 Å². The number of carbonyl (C=O) groups is 2. The second kappa shape index (κ2) is 3.62. The summed E-state index contributed by atoms with van der Waals surface area (Å²) in [6.45, 7) is 9.19. The van der Waals surface area contributed by atoms with Crippen LogP contribution in [0.25, 0.3) is 0 Å². The van der Waals surface area contributed by atoms with Crippen molar-refractivity contribution in [2.75, 3.05) is 0 Å². The average molecular weight is 212 g/mol. The molecule has 1 aliphatic carbocycles. The van der Waals surface area contributed by atoms with Crippen molar-refractivity contribution in [1.82, 2.24) is 0 Å². The Morgan fingerprint density at radius 1 is 1.40 bits per heavy atom. The lowest BCUT2D eigenvalue weighted by atomic mass is 9.62. The Kier molecular flexibility index (Phi) is 2.94. The van der Waals surface area contributed by atoms with E-state index in [4.69, 9.17) is 4.74 Å². The van der Waals surface area contributed by atoms with E-state index < -0.39 is 11.0 Å². The van der Waals surface area contributed by atoms with Gasteiger partial charge in [0.15, 0.2) is 0 Å². The van der Waals surface area contributed by atoms with Crippen molar-refractivity contribution in [3.8, 4) is 0 Å². The third-order valence-electron chi connectivity index (χ3n) is 3.94. The molecule has 0 aromatic heterocycles. The molecule has 1 rings (SSSR count). The topological polar surface area (TPSA) is 43.4 Å². The van der Waals surface area contributed by atoms with Gasteiger partial charge in [0, 0.05) is 24.7 Å². The van der Waals surface area contributed by atoms with E-state index in [0.717, 1.165) is 0 Å². The van der Waals surface area contributed by atoms with Crippen molar-refractivity contribution in [3.63, 3.8) is 0 Å². The fourth-order valence-electron chi connectivity index (χ4n) is 2.37. The smallest absolute Gasteiger partial charge is 0.303 e. The van der Waals surface area contributed by atoms with Crippen LogP contribution >= 0.6 is 0 Å². The van der Waals surface area contributed by atoms with E-state index in [1.807, 2.05) is 27.7 Å². The standard InChI is InChI=1S/C12H20O3/c1-8-11(3,4)10(14)6-7-12(8,5)15-9(2)13/h8H,6-7H2,1-5H3/t8-,12+/m0/s1. The lowest BCUT2D eigenvalue weighted by Crippen LogP contribution is -2.52. The average Bonchev–Trinajstić information content (AvgIpc) is 2.09. The SMILES string of the molecule is CC(=O)O[C@]1(C)CCC(=O)C(C)(C)[C@@H]1C. The molecular formula is C12H20O3. The molecule has 0 saturated heterocycles. The molecule has 0 aromatic rings. The van der Waals surface area contributed by atoms with Crippen LogP contribution in [0.2, 0.25) is 0 Å². The Balaban J connectivity index is 2.94. The normalized spacial score (nSPS) is 35.0. The zero-order valence-electron chi connectivity index (χ0n) is 10.2. The molecule has 1 fully saturated rings. The van der Waals surface area contributed by atoms with Gasteiger partial charge in [-0.15, -0.1) is 0 Å². The molecule has 0 amide bonds. The van der Waals surface area contributed by atoms with Crippen molar-refractivity contribution >= 4 is 11.8 Å². The van der Waals surface area contributed by atoms with Crippen LogP contribution in [0, 0.1) is 11.3 Å². The number of hydrogen-bond acceptors (Lipinski definition) is 3. The van der Waals surface area contributed by atoms with Crippen molar-refractivity contribution in [2.45, 2.75) is 53.1 Å². The van der Waals surface area contributed by atoms with Crippen LogP contribution in [0.1, 0.15) is 47.5 Å². The van der Waals surface area contributed by atoms with E-state index >= 15 is 0 Å². The number of ether oxygens (including phenoxy) is 1. The van der Waals surface area contributed by atoms with E-state index in [1.54, 1.807) is 0 Å². The Bertz CT molecular complexity index is 293. The Labute approximate surface area is 91.2 Å². The van der Waals surface area contributed by atoms with E-state index in [1.165, 1.54) is 6.92 Å². The zero-order valence-corrected chi connectivity index (χ0v) is 10.2. The highest BCUT2D eigenvalue weighted by Gasteiger charge is 2.50. The Morgan fingerprint density at radius 3 is 2.40 bits per heavy atom. The van der Waals surface area contributed by atoms with Crippen LogP contribution in [0.15, 0.2) is 0 Å².